The largest absolute Gasteiger partial charge is 0.493 e. The van der Waals surface area contributed by atoms with E-state index in [0.29, 0.717) is 12.2 Å². The van der Waals surface area contributed by atoms with Crippen LogP contribution < -0.4 is 11.2 Å². The van der Waals surface area contributed by atoms with Crippen LogP contribution in [0.3, 0.4) is 0 Å². The standard InChI is InChI=1S/C18H17N3O3/c1-2-10-19-11-14-16(22)20-18(24)21(17(14)23)15-9-5-7-12-6-3-4-8-13(12)15/h3-9,11,23H,2,10H2,1H3,(H,20,22,24). The van der Waals surface area contributed by atoms with Crippen molar-refractivity contribution < 1.29 is 5.11 Å². The fourth-order valence-corrected chi connectivity index (χ4v) is 2.57. The summed E-state index contributed by atoms with van der Waals surface area (Å²) < 4.78 is 1.09. The normalized spacial score (nSPS) is 11.4. The summed E-state index contributed by atoms with van der Waals surface area (Å²) in [6.07, 6.45) is 2.12. The van der Waals surface area contributed by atoms with E-state index < -0.39 is 17.1 Å². The molecule has 0 fully saturated rings. The van der Waals surface area contributed by atoms with Gasteiger partial charge in [0, 0.05) is 18.1 Å². The number of fused-ring (bicyclic) bond motifs is 1. The van der Waals surface area contributed by atoms with Crippen LogP contribution >= 0.6 is 0 Å². The smallest absolute Gasteiger partial charge is 0.335 e. The first kappa shape index (κ1) is 15.7. The monoisotopic (exact) mass is 323 g/mol. The molecular weight excluding hydrogens is 306 g/mol. The Hall–Kier alpha value is -3.15. The van der Waals surface area contributed by atoms with Gasteiger partial charge in [-0.15, -0.1) is 0 Å². The second kappa shape index (κ2) is 6.54. The Kier molecular flexibility index (Phi) is 4.29. The lowest BCUT2D eigenvalue weighted by molar-refractivity contribution is 0.430. The highest BCUT2D eigenvalue weighted by Gasteiger charge is 2.15. The molecule has 0 radical (unpaired) electrons. The molecule has 0 aliphatic heterocycles. The quantitative estimate of drug-likeness (QED) is 0.722. The number of hydrogen-bond donors (Lipinski definition) is 2. The third-order valence-corrected chi connectivity index (χ3v) is 3.70. The summed E-state index contributed by atoms with van der Waals surface area (Å²) in [4.78, 5) is 30.6. The van der Waals surface area contributed by atoms with Gasteiger partial charge in [-0.25, -0.2) is 9.36 Å². The molecule has 0 bridgehead atoms. The van der Waals surface area contributed by atoms with Gasteiger partial charge in [0.05, 0.1) is 5.69 Å². The molecule has 6 heteroatoms. The molecule has 0 aliphatic carbocycles. The van der Waals surface area contributed by atoms with Gasteiger partial charge in [-0.05, 0) is 17.9 Å². The average Bonchev–Trinajstić information content (AvgIpc) is 2.58. The van der Waals surface area contributed by atoms with Crippen LogP contribution in [0.2, 0.25) is 0 Å². The number of hydrogen-bond acceptors (Lipinski definition) is 4. The van der Waals surface area contributed by atoms with Gasteiger partial charge in [-0.2, -0.15) is 0 Å². The summed E-state index contributed by atoms with van der Waals surface area (Å²) in [5.74, 6) is -0.417. The molecule has 2 aromatic carbocycles. The van der Waals surface area contributed by atoms with Crippen LogP contribution in [0.4, 0.5) is 0 Å². The predicted molar refractivity (Wildman–Crippen MR) is 94.6 cm³/mol. The molecule has 0 atom stereocenters. The summed E-state index contributed by atoms with van der Waals surface area (Å²) in [6.45, 7) is 2.49. The summed E-state index contributed by atoms with van der Waals surface area (Å²) in [5, 5.41) is 12.2. The van der Waals surface area contributed by atoms with E-state index in [2.05, 4.69) is 9.98 Å². The van der Waals surface area contributed by atoms with Crippen molar-refractivity contribution in [1.82, 2.24) is 9.55 Å². The Bertz CT molecular complexity index is 1030. The summed E-state index contributed by atoms with van der Waals surface area (Å²) in [6, 6.07) is 12.9. The van der Waals surface area contributed by atoms with Crippen LogP contribution in [0.25, 0.3) is 16.5 Å². The highest BCUT2D eigenvalue weighted by atomic mass is 16.3. The molecule has 122 valence electrons. The Morgan fingerprint density at radius 2 is 1.92 bits per heavy atom. The lowest BCUT2D eigenvalue weighted by Gasteiger charge is -2.12. The Labute approximate surface area is 137 Å². The maximum atomic E-state index is 12.3. The first-order valence-electron chi connectivity index (χ1n) is 7.69. The molecular formula is C18H17N3O3. The van der Waals surface area contributed by atoms with Crippen molar-refractivity contribution in [3.63, 3.8) is 0 Å². The second-order valence-corrected chi connectivity index (χ2v) is 5.37. The van der Waals surface area contributed by atoms with E-state index >= 15 is 0 Å². The zero-order valence-electron chi connectivity index (χ0n) is 13.2. The highest BCUT2D eigenvalue weighted by molar-refractivity contribution is 5.91. The summed E-state index contributed by atoms with van der Waals surface area (Å²) in [5.41, 5.74) is -0.886. The first-order chi connectivity index (χ1) is 11.6. The lowest BCUT2D eigenvalue weighted by atomic mass is 10.1. The molecule has 1 aromatic heterocycles. The number of nitrogens with zero attached hydrogens (tertiary/aromatic N) is 2. The van der Waals surface area contributed by atoms with E-state index in [9.17, 15) is 14.7 Å². The Morgan fingerprint density at radius 1 is 1.17 bits per heavy atom. The summed E-state index contributed by atoms with van der Waals surface area (Å²) >= 11 is 0. The number of aromatic nitrogens is 2. The second-order valence-electron chi connectivity index (χ2n) is 5.37. The third kappa shape index (κ3) is 2.74. The zero-order chi connectivity index (χ0) is 17.1. The van der Waals surface area contributed by atoms with Crippen LogP contribution in [0.5, 0.6) is 5.88 Å². The molecule has 0 saturated carbocycles. The third-order valence-electron chi connectivity index (χ3n) is 3.70. The van der Waals surface area contributed by atoms with Crippen molar-refractivity contribution in [2.24, 2.45) is 4.99 Å². The number of aliphatic imine (C=N–C) groups is 1. The molecule has 6 nitrogen and oxygen atoms in total. The minimum atomic E-state index is -0.693. The van der Waals surface area contributed by atoms with Crippen molar-refractivity contribution in [2.75, 3.05) is 6.54 Å². The van der Waals surface area contributed by atoms with Gasteiger partial charge in [0.15, 0.2) is 0 Å². The van der Waals surface area contributed by atoms with E-state index in [0.717, 1.165) is 21.8 Å². The van der Waals surface area contributed by atoms with Crippen molar-refractivity contribution in [3.8, 4) is 11.6 Å². The number of aromatic hydroxyl groups is 1. The lowest BCUT2D eigenvalue weighted by Crippen LogP contribution is -2.31. The minimum absolute atomic E-state index is 0.0315. The maximum Gasteiger partial charge on any atom is 0.335 e. The van der Waals surface area contributed by atoms with Gasteiger partial charge in [0.25, 0.3) is 5.56 Å². The molecule has 0 spiro atoms. The molecule has 0 unspecified atom stereocenters. The summed E-state index contributed by atoms with van der Waals surface area (Å²) in [7, 11) is 0. The molecule has 0 amide bonds. The number of aromatic amines is 1. The van der Waals surface area contributed by atoms with Crippen LogP contribution in [-0.4, -0.2) is 27.4 Å². The minimum Gasteiger partial charge on any atom is -0.493 e. The van der Waals surface area contributed by atoms with Gasteiger partial charge in [-0.3, -0.25) is 14.8 Å². The Morgan fingerprint density at radius 3 is 2.71 bits per heavy atom. The van der Waals surface area contributed by atoms with Gasteiger partial charge in [-0.1, -0.05) is 43.3 Å². The van der Waals surface area contributed by atoms with Crippen molar-refractivity contribution in [1.29, 1.82) is 0 Å². The van der Waals surface area contributed by atoms with Gasteiger partial charge in [0.1, 0.15) is 5.56 Å². The Balaban J connectivity index is 2.30. The van der Waals surface area contributed by atoms with Gasteiger partial charge >= 0.3 is 5.69 Å². The first-order valence-corrected chi connectivity index (χ1v) is 7.69. The molecule has 3 rings (SSSR count). The van der Waals surface area contributed by atoms with E-state index in [4.69, 9.17) is 0 Å². The molecule has 24 heavy (non-hydrogen) atoms. The van der Waals surface area contributed by atoms with E-state index in [-0.39, 0.29) is 5.56 Å². The van der Waals surface area contributed by atoms with Crippen LogP contribution in [-0.2, 0) is 0 Å². The number of H-pyrrole nitrogens is 1. The average molecular weight is 323 g/mol. The topological polar surface area (TPSA) is 87.4 Å². The van der Waals surface area contributed by atoms with E-state index in [1.807, 2.05) is 37.3 Å². The van der Waals surface area contributed by atoms with Gasteiger partial charge < -0.3 is 5.11 Å². The number of rotatable bonds is 4. The molecule has 3 aromatic rings. The zero-order valence-corrected chi connectivity index (χ0v) is 13.2. The molecule has 0 aliphatic rings. The van der Waals surface area contributed by atoms with E-state index in [1.54, 1.807) is 12.1 Å². The predicted octanol–water partition coefficient (Wildman–Crippen LogP) is 2.21. The van der Waals surface area contributed by atoms with Crippen LogP contribution in [0, 0.1) is 0 Å². The molecule has 1 heterocycles. The van der Waals surface area contributed by atoms with Crippen molar-refractivity contribution in [3.05, 3.63) is 68.9 Å². The SMILES string of the molecule is CCCN=Cc1c(O)n(-c2cccc3ccccc23)c(=O)[nH]c1=O. The maximum absolute atomic E-state index is 12.3. The molecule has 0 saturated heterocycles. The number of benzene rings is 2. The fraction of sp³-hybridized carbons (Fsp3) is 0.167. The van der Waals surface area contributed by atoms with Gasteiger partial charge in [0.2, 0.25) is 5.88 Å². The van der Waals surface area contributed by atoms with Crippen LogP contribution in [0.1, 0.15) is 18.9 Å². The van der Waals surface area contributed by atoms with Crippen LogP contribution in [0.15, 0.2) is 57.0 Å². The fourth-order valence-electron chi connectivity index (χ4n) is 2.57. The van der Waals surface area contributed by atoms with Crippen molar-refractivity contribution >= 4 is 17.0 Å². The van der Waals surface area contributed by atoms with E-state index in [1.165, 1.54) is 6.21 Å². The highest BCUT2D eigenvalue weighted by Crippen LogP contribution is 2.24. The van der Waals surface area contributed by atoms with Crippen molar-refractivity contribution in [2.45, 2.75) is 13.3 Å². The number of nitrogens with one attached hydrogen (secondary N) is 1. The molecule has 2 N–H and O–H groups in total.